The van der Waals surface area contributed by atoms with Crippen LogP contribution in [0, 0.1) is 6.92 Å². The van der Waals surface area contributed by atoms with Crippen LogP contribution in [-0.4, -0.2) is 22.8 Å². The first-order chi connectivity index (χ1) is 12.9. The number of hydrogen-bond acceptors (Lipinski definition) is 3. The first-order valence-corrected chi connectivity index (χ1v) is 9.32. The summed E-state index contributed by atoms with van der Waals surface area (Å²) in [6.45, 7) is 6.08. The molecule has 1 atom stereocenters. The van der Waals surface area contributed by atoms with Crippen LogP contribution in [0.5, 0.6) is 5.75 Å². The number of nitrogens with zero attached hydrogens (tertiary/aromatic N) is 1. The molecule has 0 saturated carbocycles. The largest absolute Gasteiger partial charge is 0.489 e. The van der Waals surface area contributed by atoms with Gasteiger partial charge in [-0.2, -0.15) is 0 Å². The highest BCUT2D eigenvalue weighted by Crippen LogP contribution is 2.32. The zero-order chi connectivity index (χ0) is 19.6. The summed E-state index contributed by atoms with van der Waals surface area (Å²) in [5.74, 6) is 0.797. The van der Waals surface area contributed by atoms with Gasteiger partial charge in [0.2, 0.25) is 0 Å². The Hall–Kier alpha value is -2.66. The molecular formula is C22H24N2O2S. The molecule has 0 amide bonds. The Labute approximate surface area is 165 Å². The lowest BCUT2D eigenvalue weighted by Crippen LogP contribution is -2.45. The molecule has 1 N–H and O–H groups in total. The molecule has 2 aromatic carbocycles. The van der Waals surface area contributed by atoms with Crippen molar-refractivity contribution in [3.8, 4) is 5.75 Å². The Morgan fingerprint density at radius 2 is 1.89 bits per heavy atom. The molecule has 0 fully saturated rings. The van der Waals surface area contributed by atoms with Gasteiger partial charge in [0.05, 0.1) is 6.04 Å². The molecule has 3 rings (SSSR count). The summed E-state index contributed by atoms with van der Waals surface area (Å²) in [7, 11) is 1.87. The van der Waals surface area contributed by atoms with Crippen LogP contribution in [0.1, 0.15) is 36.6 Å². The zero-order valence-corrected chi connectivity index (χ0v) is 16.9. The topological polar surface area (TPSA) is 41.6 Å². The first-order valence-electron chi connectivity index (χ1n) is 8.91. The van der Waals surface area contributed by atoms with Crippen LogP contribution >= 0.6 is 12.2 Å². The van der Waals surface area contributed by atoms with E-state index in [0.717, 1.165) is 28.1 Å². The maximum Gasteiger partial charge on any atom is 0.173 e. The highest BCUT2D eigenvalue weighted by atomic mass is 32.1. The average molecular weight is 381 g/mol. The van der Waals surface area contributed by atoms with E-state index in [0.29, 0.717) is 11.7 Å². The minimum Gasteiger partial charge on any atom is -0.489 e. The minimum absolute atomic E-state index is 0.0327. The first kappa shape index (κ1) is 19.1. The number of thiocarbonyl (C=S) groups is 1. The van der Waals surface area contributed by atoms with Crippen molar-refractivity contribution in [1.82, 2.24) is 10.2 Å². The SMILES string of the molecule is CC(=O)C1=C(C)N(C)C(=S)NC1c1cccc(OCc2ccc(C)cc2)c1. The molecule has 1 heterocycles. The van der Waals surface area contributed by atoms with Gasteiger partial charge in [-0.05, 0) is 56.2 Å². The van der Waals surface area contributed by atoms with Crippen molar-refractivity contribution in [2.24, 2.45) is 0 Å². The van der Waals surface area contributed by atoms with Crippen molar-refractivity contribution in [1.29, 1.82) is 0 Å². The Balaban J connectivity index is 1.84. The van der Waals surface area contributed by atoms with Crippen LogP contribution in [0.3, 0.4) is 0 Å². The quantitative estimate of drug-likeness (QED) is 0.784. The Kier molecular flexibility index (Phi) is 5.61. The van der Waals surface area contributed by atoms with Crippen LogP contribution < -0.4 is 10.1 Å². The lowest BCUT2D eigenvalue weighted by atomic mass is 9.92. The number of carbonyl (C=O) groups is 1. The molecule has 4 nitrogen and oxygen atoms in total. The molecule has 0 aromatic heterocycles. The van der Waals surface area contributed by atoms with Gasteiger partial charge in [0.1, 0.15) is 12.4 Å². The van der Waals surface area contributed by atoms with E-state index in [1.807, 2.05) is 43.1 Å². The van der Waals surface area contributed by atoms with E-state index in [1.165, 1.54) is 5.56 Å². The fraction of sp³-hybridized carbons (Fsp3) is 0.273. The molecule has 0 radical (unpaired) electrons. The van der Waals surface area contributed by atoms with Crippen molar-refractivity contribution in [3.63, 3.8) is 0 Å². The van der Waals surface area contributed by atoms with E-state index >= 15 is 0 Å². The van der Waals surface area contributed by atoms with Crippen LogP contribution in [-0.2, 0) is 11.4 Å². The molecule has 27 heavy (non-hydrogen) atoms. The third-order valence-electron chi connectivity index (χ3n) is 4.85. The lowest BCUT2D eigenvalue weighted by Gasteiger charge is -2.35. The molecule has 1 aliphatic heterocycles. The van der Waals surface area contributed by atoms with Crippen molar-refractivity contribution in [2.45, 2.75) is 33.4 Å². The van der Waals surface area contributed by atoms with Gasteiger partial charge in [-0.3, -0.25) is 4.79 Å². The Bertz CT molecular complexity index is 903. The Morgan fingerprint density at radius 1 is 1.19 bits per heavy atom. The van der Waals surface area contributed by atoms with Crippen LogP contribution in [0.2, 0.25) is 0 Å². The summed E-state index contributed by atoms with van der Waals surface area (Å²) in [6.07, 6.45) is 0. The summed E-state index contributed by atoms with van der Waals surface area (Å²) in [5.41, 5.74) is 4.90. The number of Topliss-reactive ketones (excluding diaryl/α,β-unsaturated/α-hetero) is 1. The summed E-state index contributed by atoms with van der Waals surface area (Å²) >= 11 is 5.42. The van der Waals surface area contributed by atoms with Gasteiger partial charge in [-0.1, -0.05) is 42.0 Å². The summed E-state index contributed by atoms with van der Waals surface area (Å²) in [5, 5.41) is 3.88. The number of ether oxygens (including phenoxy) is 1. The minimum atomic E-state index is -0.269. The van der Waals surface area contributed by atoms with Gasteiger partial charge < -0.3 is 15.0 Å². The molecule has 0 bridgehead atoms. The van der Waals surface area contributed by atoms with Crippen LogP contribution in [0.4, 0.5) is 0 Å². The van der Waals surface area contributed by atoms with Gasteiger partial charge in [0.15, 0.2) is 10.9 Å². The van der Waals surface area contributed by atoms with Gasteiger partial charge in [0.25, 0.3) is 0 Å². The second-order valence-electron chi connectivity index (χ2n) is 6.84. The molecule has 2 aromatic rings. The molecule has 5 heteroatoms. The van der Waals surface area contributed by atoms with Gasteiger partial charge in [0, 0.05) is 18.3 Å². The van der Waals surface area contributed by atoms with Gasteiger partial charge in [-0.25, -0.2) is 0 Å². The monoisotopic (exact) mass is 380 g/mol. The summed E-state index contributed by atoms with van der Waals surface area (Å²) in [4.78, 5) is 14.1. The summed E-state index contributed by atoms with van der Waals surface area (Å²) < 4.78 is 5.96. The third-order valence-corrected chi connectivity index (χ3v) is 5.24. The molecule has 1 aliphatic rings. The van der Waals surface area contributed by atoms with Crippen molar-refractivity contribution in [2.75, 3.05) is 7.05 Å². The van der Waals surface area contributed by atoms with Crippen molar-refractivity contribution < 1.29 is 9.53 Å². The molecule has 0 aliphatic carbocycles. The predicted molar refractivity (Wildman–Crippen MR) is 112 cm³/mol. The van der Waals surface area contributed by atoms with Crippen LogP contribution in [0.25, 0.3) is 0 Å². The van der Waals surface area contributed by atoms with Crippen LogP contribution in [0.15, 0.2) is 59.8 Å². The number of rotatable bonds is 5. The van der Waals surface area contributed by atoms with Gasteiger partial charge in [-0.15, -0.1) is 0 Å². The van der Waals surface area contributed by atoms with Gasteiger partial charge >= 0.3 is 0 Å². The van der Waals surface area contributed by atoms with E-state index in [4.69, 9.17) is 17.0 Å². The molecular weight excluding hydrogens is 356 g/mol. The smallest absolute Gasteiger partial charge is 0.173 e. The van der Waals surface area contributed by atoms with Crippen molar-refractivity contribution in [3.05, 3.63) is 76.5 Å². The number of hydrogen-bond donors (Lipinski definition) is 1. The molecule has 0 saturated heterocycles. The number of nitrogens with one attached hydrogen (secondary N) is 1. The maximum atomic E-state index is 12.3. The predicted octanol–water partition coefficient (Wildman–Crippen LogP) is 4.30. The number of carbonyl (C=O) groups excluding carboxylic acids is 1. The molecule has 0 spiro atoms. The normalized spacial score (nSPS) is 17.0. The highest BCUT2D eigenvalue weighted by Gasteiger charge is 2.30. The van der Waals surface area contributed by atoms with E-state index in [2.05, 4.69) is 36.5 Å². The third kappa shape index (κ3) is 4.19. The second kappa shape index (κ2) is 7.92. The fourth-order valence-electron chi connectivity index (χ4n) is 3.18. The maximum absolute atomic E-state index is 12.3. The lowest BCUT2D eigenvalue weighted by molar-refractivity contribution is -0.114. The number of aryl methyl sites for hydroxylation is 1. The second-order valence-corrected chi connectivity index (χ2v) is 7.23. The van der Waals surface area contributed by atoms with E-state index in [1.54, 1.807) is 6.92 Å². The zero-order valence-electron chi connectivity index (χ0n) is 16.1. The average Bonchev–Trinajstić information content (AvgIpc) is 2.65. The van der Waals surface area contributed by atoms with E-state index < -0.39 is 0 Å². The molecule has 1 unspecified atom stereocenters. The molecule has 140 valence electrons. The van der Waals surface area contributed by atoms with Crippen molar-refractivity contribution >= 4 is 23.1 Å². The Morgan fingerprint density at radius 3 is 2.56 bits per heavy atom. The highest BCUT2D eigenvalue weighted by molar-refractivity contribution is 7.80. The number of ketones is 1. The summed E-state index contributed by atoms with van der Waals surface area (Å²) in [6, 6.07) is 15.8. The van der Waals surface area contributed by atoms with E-state index in [9.17, 15) is 4.79 Å². The number of allylic oxidation sites excluding steroid dienone is 1. The van der Waals surface area contributed by atoms with E-state index in [-0.39, 0.29) is 11.8 Å². The fourth-order valence-corrected chi connectivity index (χ4v) is 3.43. The standard InChI is InChI=1S/C22H24N2O2S/c1-14-8-10-17(11-9-14)13-26-19-7-5-6-18(12-19)21-20(16(3)25)15(2)24(4)22(27)23-21/h5-12,21H,13H2,1-4H3,(H,23,27). The number of benzene rings is 2.